The van der Waals surface area contributed by atoms with Gasteiger partial charge in [-0.05, 0) is 23.8 Å². The second-order valence-corrected chi connectivity index (χ2v) is 8.92. The predicted octanol–water partition coefficient (Wildman–Crippen LogP) is 3.55. The zero-order valence-electron chi connectivity index (χ0n) is 15.7. The van der Waals surface area contributed by atoms with Gasteiger partial charge in [0.2, 0.25) is 9.84 Å². The molecule has 8 heteroatoms. The topological polar surface area (TPSA) is 53.5 Å². The lowest BCUT2D eigenvalue weighted by atomic mass is 10.1. The molecule has 0 N–H and O–H groups in total. The van der Waals surface area contributed by atoms with Gasteiger partial charge in [0.25, 0.3) is 0 Å². The molecule has 2 heterocycles. The number of rotatable bonds is 5. The van der Waals surface area contributed by atoms with E-state index in [-0.39, 0.29) is 4.90 Å². The summed E-state index contributed by atoms with van der Waals surface area (Å²) in [4.78, 5) is 8.32. The molecule has 3 aromatic rings. The standard InChI is InChI=1S/C21H21F2N3O2S/c22-21(23)29(27,28)19-9-2-1-8-18(19)26-13-11-25(12-14-26)15-17-6-3-5-16-7-4-10-24-20(16)17/h1-10,21H,11-15H2. The van der Waals surface area contributed by atoms with Crippen LogP contribution in [0.15, 0.2) is 65.7 Å². The van der Waals surface area contributed by atoms with Crippen LogP contribution in [0.4, 0.5) is 14.5 Å². The fourth-order valence-corrected chi connectivity index (χ4v) is 4.69. The predicted molar refractivity (Wildman–Crippen MR) is 109 cm³/mol. The highest BCUT2D eigenvalue weighted by molar-refractivity contribution is 7.91. The molecule has 0 radical (unpaired) electrons. The van der Waals surface area contributed by atoms with Gasteiger partial charge < -0.3 is 4.90 Å². The average Bonchev–Trinajstić information content (AvgIpc) is 2.74. The third kappa shape index (κ3) is 3.95. The monoisotopic (exact) mass is 417 g/mol. The first-order valence-corrected chi connectivity index (χ1v) is 10.9. The first-order chi connectivity index (χ1) is 14.0. The van der Waals surface area contributed by atoms with Crippen molar-refractivity contribution in [2.24, 2.45) is 0 Å². The Labute approximate surface area is 168 Å². The molecule has 152 valence electrons. The number of nitrogens with zero attached hydrogens (tertiary/aromatic N) is 3. The van der Waals surface area contributed by atoms with Gasteiger partial charge in [-0.25, -0.2) is 8.42 Å². The van der Waals surface area contributed by atoms with Gasteiger partial charge in [0.15, 0.2) is 0 Å². The number of para-hydroxylation sites is 2. The smallest absolute Gasteiger partial charge is 0.341 e. The largest absolute Gasteiger partial charge is 0.368 e. The molecule has 0 atom stereocenters. The van der Waals surface area contributed by atoms with Gasteiger partial charge in [-0.2, -0.15) is 8.78 Å². The number of piperazine rings is 1. The van der Waals surface area contributed by atoms with Crippen molar-refractivity contribution < 1.29 is 17.2 Å². The molecule has 0 aliphatic carbocycles. The van der Waals surface area contributed by atoms with Crippen LogP contribution in [0.2, 0.25) is 0 Å². The van der Waals surface area contributed by atoms with Crippen molar-refractivity contribution in [3.8, 4) is 0 Å². The van der Waals surface area contributed by atoms with E-state index in [0.717, 1.165) is 23.0 Å². The quantitative estimate of drug-likeness (QED) is 0.636. The zero-order valence-corrected chi connectivity index (χ0v) is 16.5. The van der Waals surface area contributed by atoms with E-state index >= 15 is 0 Å². The SMILES string of the molecule is O=S(=O)(c1ccccc1N1CCN(Cc2cccc3cccnc23)CC1)C(F)F. The Morgan fingerprint density at radius 1 is 0.931 bits per heavy atom. The summed E-state index contributed by atoms with van der Waals surface area (Å²) in [5.74, 6) is -3.43. The molecule has 1 saturated heterocycles. The first-order valence-electron chi connectivity index (χ1n) is 9.38. The van der Waals surface area contributed by atoms with E-state index in [9.17, 15) is 17.2 Å². The molecule has 0 bridgehead atoms. The summed E-state index contributed by atoms with van der Waals surface area (Å²) in [6.45, 7) is 3.26. The van der Waals surface area contributed by atoms with Crippen LogP contribution in [0.25, 0.3) is 10.9 Å². The van der Waals surface area contributed by atoms with Crippen molar-refractivity contribution in [1.29, 1.82) is 0 Å². The normalized spacial score (nSPS) is 15.9. The Balaban J connectivity index is 1.50. The summed E-state index contributed by atoms with van der Waals surface area (Å²) >= 11 is 0. The van der Waals surface area contributed by atoms with Crippen LogP contribution in [0.3, 0.4) is 0 Å². The van der Waals surface area contributed by atoms with E-state index in [4.69, 9.17) is 0 Å². The van der Waals surface area contributed by atoms with Crippen LogP contribution in [0.5, 0.6) is 0 Å². The molecular formula is C21H21F2N3O2S. The minimum absolute atomic E-state index is 0.304. The van der Waals surface area contributed by atoms with E-state index in [0.29, 0.717) is 31.9 Å². The summed E-state index contributed by atoms with van der Waals surface area (Å²) < 4.78 is 50.2. The van der Waals surface area contributed by atoms with Crippen LogP contribution in [-0.4, -0.2) is 50.2 Å². The number of pyridine rings is 1. The Kier molecular flexibility index (Phi) is 5.47. The fourth-order valence-electron chi connectivity index (χ4n) is 3.74. The van der Waals surface area contributed by atoms with E-state index in [2.05, 4.69) is 16.0 Å². The highest BCUT2D eigenvalue weighted by Crippen LogP contribution is 2.30. The molecule has 1 aliphatic rings. The highest BCUT2D eigenvalue weighted by atomic mass is 32.2. The van der Waals surface area contributed by atoms with E-state index < -0.39 is 15.6 Å². The summed E-state index contributed by atoms with van der Waals surface area (Å²) in [5.41, 5.74) is 2.46. The van der Waals surface area contributed by atoms with E-state index in [1.165, 1.54) is 12.1 Å². The number of sulfone groups is 1. The van der Waals surface area contributed by atoms with Crippen molar-refractivity contribution >= 4 is 26.4 Å². The molecule has 0 spiro atoms. The number of alkyl halides is 2. The summed E-state index contributed by atoms with van der Waals surface area (Å²) in [6, 6.07) is 16.1. The van der Waals surface area contributed by atoms with Crippen LogP contribution in [0, 0.1) is 0 Å². The van der Waals surface area contributed by atoms with Crippen LogP contribution in [-0.2, 0) is 16.4 Å². The van der Waals surface area contributed by atoms with E-state index in [1.807, 2.05) is 29.2 Å². The molecule has 2 aromatic carbocycles. The minimum atomic E-state index is -4.64. The van der Waals surface area contributed by atoms with Gasteiger partial charge in [0.1, 0.15) is 0 Å². The van der Waals surface area contributed by atoms with Crippen molar-refractivity contribution in [3.05, 3.63) is 66.4 Å². The van der Waals surface area contributed by atoms with Gasteiger partial charge in [-0.3, -0.25) is 9.88 Å². The Hall–Kier alpha value is -2.58. The van der Waals surface area contributed by atoms with Gasteiger partial charge in [-0.1, -0.05) is 36.4 Å². The zero-order chi connectivity index (χ0) is 20.4. The minimum Gasteiger partial charge on any atom is -0.368 e. The van der Waals surface area contributed by atoms with Crippen LogP contribution >= 0.6 is 0 Å². The molecule has 4 rings (SSSR count). The average molecular weight is 417 g/mol. The lowest BCUT2D eigenvalue weighted by Crippen LogP contribution is -2.46. The number of fused-ring (bicyclic) bond motifs is 1. The van der Waals surface area contributed by atoms with Crippen molar-refractivity contribution in [3.63, 3.8) is 0 Å². The lowest BCUT2D eigenvalue weighted by molar-refractivity contribution is 0.234. The second kappa shape index (κ2) is 8.04. The number of hydrogen-bond acceptors (Lipinski definition) is 5. The fraction of sp³-hybridized carbons (Fsp3) is 0.286. The number of aromatic nitrogens is 1. The van der Waals surface area contributed by atoms with Crippen molar-refractivity contribution in [2.75, 3.05) is 31.1 Å². The van der Waals surface area contributed by atoms with E-state index in [1.54, 1.807) is 18.3 Å². The Bertz CT molecular complexity index is 1110. The number of anilines is 1. The molecule has 1 fully saturated rings. The molecule has 1 aromatic heterocycles. The van der Waals surface area contributed by atoms with Gasteiger partial charge >= 0.3 is 5.76 Å². The number of hydrogen-bond donors (Lipinski definition) is 0. The number of benzene rings is 2. The van der Waals surface area contributed by atoms with Crippen molar-refractivity contribution in [1.82, 2.24) is 9.88 Å². The van der Waals surface area contributed by atoms with Gasteiger partial charge in [0, 0.05) is 44.3 Å². The Morgan fingerprint density at radius 3 is 2.41 bits per heavy atom. The van der Waals surface area contributed by atoms with Crippen molar-refractivity contribution in [2.45, 2.75) is 17.2 Å². The summed E-state index contributed by atoms with van der Waals surface area (Å²) in [6.07, 6.45) is 1.78. The maximum absolute atomic E-state index is 13.1. The maximum atomic E-state index is 13.1. The van der Waals surface area contributed by atoms with Crippen LogP contribution < -0.4 is 4.90 Å². The third-order valence-corrected chi connectivity index (χ3v) is 6.66. The maximum Gasteiger partial charge on any atom is 0.341 e. The first kappa shape index (κ1) is 19.7. The highest BCUT2D eigenvalue weighted by Gasteiger charge is 2.31. The molecule has 0 unspecified atom stereocenters. The van der Waals surface area contributed by atoms with Gasteiger partial charge in [-0.15, -0.1) is 0 Å². The molecule has 1 aliphatic heterocycles. The summed E-state index contributed by atoms with van der Waals surface area (Å²) in [7, 11) is -4.64. The molecule has 0 amide bonds. The molecular weight excluding hydrogens is 396 g/mol. The van der Waals surface area contributed by atoms with Crippen LogP contribution in [0.1, 0.15) is 5.56 Å². The molecule has 29 heavy (non-hydrogen) atoms. The molecule has 5 nitrogen and oxygen atoms in total. The lowest BCUT2D eigenvalue weighted by Gasteiger charge is -2.37. The summed E-state index contributed by atoms with van der Waals surface area (Å²) in [5, 5.41) is 1.09. The molecule has 0 saturated carbocycles. The second-order valence-electron chi connectivity index (χ2n) is 7.03. The third-order valence-electron chi connectivity index (χ3n) is 5.23. The Morgan fingerprint density at radius 2 is 1.66 bits per heavy atom. The number of halogens is 2. The van der Waals surface area contributed by atoms with Gasteiger partial charge in [0.05, 0.1) is 16.1 Å².